The van der Waals surface area contributed by atoms with Crippen LogP contribution in [0.4, 0.5) is 11.6 Å². The van der Waals surface area contributed by atoms with Crippen LogP contribution in [0.1, 0.15) is 28.7 Å². The van der Waals surface area contributed by atoms with E-state index < -0.39 is 0 Å². The van der Waals surface area contributed by atoms with Gasteiger partial charge >= 0.3 is 6.01 Å². The summed E-state index contributed by atoms with van der Waals surface area (Å²) in [7, 11) is 0. The van der Waals surface area contributed by atoms with Gasteiger partial charge in [-0.25, -0.2) is 0 Å². The van der Waals surface area contributed by atoms with Gasteiger partial charge in [0.15, 0.2) is 5.82 Å². The monoisotopic (exact) mass is 480 g/mol. The Morgan fingerprint density at radius 3 is 2.51 bits per heavy atom. The molecule has 2 aliphatic heterocycles. The molecule has 0 atom stereocenters. The predicted molar refractivity (Wildman–Crippen MR) is 137 cm³/mol. The maximum absolute atomic E-state index is 6.02. The van der Waals surface area contributed by atoms with Gasteiger partial charge in [-0.3, -0.25) is 15.8 Å². The Balaban J connectivity index is 1.30. The molecule has 5 rings (SSSR count). The van der Waals surface area contributed by atoms with Crippen molar-refractivity contribution in [1.82, 2.24) is 20.3 Å². The molecule has 0 bridgehead atoms. The quantitative estimate of drug-likeness (QED) is 0.554. The molecule has 9 nitrogen and oxygen atoms in total. The lowest BCUT2D eigenvalue weighted by Gasteiger charge is -2.28. The number of benzene rings is 1. The highest BCUT2D eigenvalue weighted by molar-refractivity contribution is 5.71. The lowest BCUT2D eigenvalue weighted by atomic mass is 9.89. The highest BCUT2D eigenvalue weighted by Crippen LogP contribution is 2.29. The standard InChI is InChI=1S/C26H36N6O3/c1-19-16-20(2)21-4-3-5-23(22(21)17-19)29-30-24-18-25(32-9-13-34-14-10-32)28-26(27-24)35-15-8-31-6-11-33-12-7-31/h5,16-18,29H,3-4,6-15H2,1-2H3,(H,27,28,30). The summed E-state index contributed by atoms with van der Waals surface area (Å²) in [5.41, 5.74) is 13.1. The van der Waals surface area contributed by atoms with Gasteiger partial charge in [0, 0.05) is 44.4 Å². The topological polar surface area (TPSA) is 84.0 Å². The predicted octanol–water partition coefficient (Wildman–Crippen LogP) is 2.54. The Kier molecular flexibility index (Phi) is 7.66. The van der Waals surface area contributed by atoms with E-state index in [0.29, 0.717) is 31.6 Å². The Hall–Kier alpha value is -2.88. The molecule has 9 heteroatoms. The minimum absolute atomic E-state index is 0.385. The third-order valence-electron chi connectivity index (χ3n) is 6.75. The zero-order valence-corrected chi connectivity index (χ0v) is 20.8. The molecule has 0 unspecified atom stereocenters. The number of nitrogens with one attached hydrogen (secondary N) is 2. The first-order chi connectivity index (χ1) is 17.2. The van der Waals surface area contributed by atoms with Gasteiger partial charge in [0.05, 0.1) is 32.1 Å². The fourth-order valence-electron chi connectivity index (χ4n) is 4.88. The number of rotatable bonds is 8. The SMILES string of the molecule is Cc1cc(C)c2c(c1)C(NNc1cc(N3CCOCC3)nc(OCCN3CCOCC3)n1)=CCC2. The van der Waals surface area contributed by atoms with Gasteiger partial charge in [0.2, 0.25) is 0 Å². The number of allylic oxidation sites excluding steroid dienone is 1. The molecular formula is C26H36N6O3. The highest BCUT2D eigenvalue weighted by Gasteiger charge is 2.18. The summed E-state index contributed by atoms with van der Waals surface area (Å²) < 4.78 is 17.0. The van der Waals surface area contributed by atoms with Crippen molar-refractivity contribution >= 4 is 17.3 Å². The van der Waals surface area contributed by atoms with E-state index in [4.69, 9.17) is 19.2 Å². The molecule has 1 aliphatic carbocycles. The van der Waals surface area contributed by atoms with Gasteiger partial charge in [-0.15, -0.1) is 0 Å². The van der Waals surface area contributed by atoms with Crippen LogP contribution in [-0.4, -0.2) is 80.6 Å². The smallest absolute Gasteiger partial charge is 0.320 e. The summed E-state index contributed by atoms with van der Waals surface area (Å²) in [4.78, 5) is 13.9. The maximum atomic E-state index is 6.02. The second-order valence-electron chi connectivity index (χ2n) is 9.31. The molecular weight excluding hydrogens is 444 g/mol. The van der Waals surface area contributed by atoms with E-state index >= 15 is 0 Å². The molecule has 3 heterocycles. The van der Waals surface area contributed by atoms with E-state index in [0.717, 1.165) is 70.3 Å². The minimum atomic E-state index is 0.385. The molecule has 1 aromatic heterocycles. The number of aromatic nitrogens is 2. The molecule has 0 spiro atoms. The van der Waals surface area contributed by atoms with E-state index in [2.05, 4.69) is 57.7 Å². The zero-order valence-electron chi connectivity index (χ0n) is 20.8. The minimum Gasteiger partial charge on any atom is -0.462 e. The van der Waals surface area contributed by atoms with Crippen LogP contribution in [0.25, 0.3) is 5.70 Å². The molecule has 35 heavy (non-hydrogen) atoms. The number of hydrogen-bond donors (Lipinski definition) is 2. The molecule has 2 saturated heterocycles. The Bertz CT molecular complexity index is 1050. The van der Waals surface area contributed by atoms with Crippen LogP contribution in [-0.2, 0) is 15.9 Å². The average Bonchev–Trinajstić information content (AvgIpc) is 2.88. The number of ether oxygens (including phenoxy) is 3. The number of anilines is 2. The van der Waals surface area contributed by atoms with Crippen molar-refractivity contribution in [3.05, 3.63) is 46.5 Å². The van der Waals surface area contributed by atoms with Crippen molar-refractivity contribution < 1.29 is 14.2 Å². The summed E-state index contributed by atoms with van der Waals surface area (Å²) in [6.07, 6.45) is 4.33. The van der Waals surface area contributed by atoms with Crippen molar-refractivity contribution in [2.45, 2.75) is 26.7 Å². The molecule has 2 N–H and O–H groups in total. The lowest BCUT2D eigenvalue weighted by Crippen LogP contribution is -2.39. The summed E-state index contributed by atoms with van der Waals surface area (Å²) in [5, 5.41) is 0. The van der Waals surface area contributed by atoms with Gasteiger partial charge in [-0.1, -0.05) is 17.7 Å². The van der Waals surface area contributed by atoms with E-state index in [9.17, 15) is 0 Å². The fourth-order valence-corrected chi connectivity index (χ4v) is 4.88. The third kappa shape index (κ3) is 6.04. The number of aryl methyl sites for hydroxylation is 2. The summed E-state index contributed by atoms with van der Waals surface area (Å²) in [6.45, 7) is 12.1. The molecule has 2 fully saturated rings. The molecule has 2 aromatic rings. The van der Waals surface area contributed by atoms with E-state index in [1.165, 1.54) is 22.3 Å². The molecule has 188 valence electrons. The van der Waals surface area contributed by atoms with Crippen LogP contribution in [0.2, 0.25) is 0 Å². The number of hydrogen-bond acceptors (Lipinski definition) is 9. The first-order valence-electron chi connectivity index (χ1n) is 12.6. The van der Waals surface area contributed by atoms with Crippen molar-refractivity contribution in [2.75, 3.05) is 76.1 Å². The van der Waals surface area contributed by atoms with Crippen molar-refractivity contribution in [3.63, 3.8) is 0 Å². The van der Waals surface area contributed by atoms with Crippen LogP contribution >= 0.6 is 0 Å². The number of morpholine rings is 2. The van der Waals surface area contributed by atoms with Crippen LogP contribution in [0.5, 0.6) is 6.01 Å². The van der Waals surface area contributed by atoms with Crippen molar-refractivity contribution in [3.8, 4) is 6.01 Å². The molecule has 0 saturated carbocycles. The zero-order chi connectivity index (χ0) is 24.0. The molecule has 3 aliphatic rings. The second-order valence-corrected chi connectivity index (χ2v) is 9.31. The van der Waals surface area contributed by atoms with Gasteiger partial charge in [-0.05, 0) is 43.9 Å². The third-order valence-corrected chi connectivity index (χ3v) is 6.75. The first-order valence-corrected chi connectivity index (χ1v) is 12.6. The second kappa shape index (κ2) is 11.2. The Labute approximate surface area is 207 Å². The van der Waals surface area contributed by atoms with Crippen molar-refractivity contribution in [1.29, 1.82) is 0 Å². The lowest BCUT2D eigenvalue weighted by molar-refractivity contribution is 0.0317. The average molecular weight is 481 g/mol. The molecule has 0 amide bonds. The number of fused-ring (bicyclic) bond motifs is 1. The van der Waals surface area contributed by atoms with E-state index in [1.54, 1.807) is 0 Å². The Morgan fingerprint density at radius 2 is 1.71 bits per heavy atom. The number of hydrazine groups is 1. The number of nitrogens with zero attached hydrogens (tertiary/aromatic N) is 4. The van der Waals surface area contributed by atoms with Gasteiger partial charge in [-0.2, -0.15) is 9.97 Å². The van der Waals surface area contributed by atoms with Crippen LogP contribution < -0.4 is 20.5 Å². The van der Waals surface area contributed by atoms with E-state index in [1.807, 2.05) is 6.07 Å². The van der Waals surface area contributed by atoms with Gasteiger partial charge < -0.3 is 19.1 Å². The Morgan fingerprint density at radius 1 is 0.943 bits per heavy atom. The van der Waals surface area contributed by atoms with Gasteiger partial charge in [0.1, 0.15) is 12.4 Å². The van der Waals surface area contributed by atoms with Crippen LogP contribution in [0, 0.1) is 13.8 Å². The molecule has 1 aromatic carbocycles. The normalized spacial score (nSPS) is 18.6. The van der Waals surface area contributed by atoms with Crippen LogP contribution in [0.3, 0.4) is 0 Å². The maximum Gasteiger partial charge on any atom is 0.320 e. The first kappa shape index (κ1) is 23.8. The van der Waals surface area contributed by atoms with Crippen LogP contribution in [0.15, 0.2) is 24.3 Å². The van der Waals surface area contributed by atoms with Gasteiger partial charge in [0.25, 0.3) is 0 Å². The summed E-state index contributed by atoms with van der Waals surface area (Å²) in [5.74, 6) is 1.53. The highest BCUT2D eigenvalue weighted by atomic mass is 16.5. The summed E-state index contributed by atoms with van der Waals surface area (Å²) in [6, 6.07) is 6.87. The largest absolute Gasteiger partial charge is 0.462 e. The van der Waals surface area contributed by atoms with E-state index in [-0.39, 0.29) is 0 Å². The summed E-state index contributed by atoms with van der Waals surface area (Å²) >= 11 is 0. The molecule has 0 radical (unpaired) electrons. The fraction of sp³-hybridized carbons (Fsp3) is 0.538. The van der Waals surface area contributed by atoms with Crippen molar-refractivity contribution in [2.24, 2.45) is 0 Å².